The number of piperidine rings is 1. The van der Waals surface area contributed by atoms with Crippen LogP contribution in [0.3, 0.4) is 0 Å². The zero-order valence-corrected chi connectivity index (χ0v) is 21.3. The minimum absolute atomic E-state index is 0.129. The van der Waals surface area contributed by atoms with Gasteiger partial charge in [0.2, 0.25) is 0 Å². The van der Waals surface area contributed by atoms with Gasteiger partial charge in [-0.1, -0.05) is 74.6 Å². The lowest BCUT2D eigenvalue weighted by molar-refractivity contribution is -0.418. The average molecular weight is 475 g/mol. The monoisotopic (exact) mass is 474 g/mol. The third kappa shape index (κ3) is 2.30. The summed E-state index contributed by atoms with van der Waals surface area (Å²) in [5, 5.41) is 0.756. The van der Waals surface area contributed by atoms with Gasteiger partial charge in [-0.25, -0.2) is 0 Å². The van der Waals surface area contributed by atoms with Gasteiger partial charge in [-0.05, 0) is 66.0 Å². The number of benzene rings is 2. The van der Waals surface area contributed by atoms with Crippen LogP contribution in [0.2, 0.25) is 0 Å². The number of thioether (sulfide) groups is 1. The molecule has 2 nitrogen and oxygen atoms in total. The Morgan fingerprint density at radius 3 is 2.33 bits per heavy atom. The summed E-state index contributed by atoms with van der Waals surface area (Å²) < 4.78 is 0. The Morgan fingerprint density at radius 2 is 1.67 bits per heavy atom. The van der Waals surface area contributed by atoms with Crippen molar-refractivity contribution in [1.82, 2.24) is 4.90 Å². The molecule has 1 spiro atoms. The van der Waals surface area contributed by atoms with Crippen LogP contribution in [0.5, 0.6) is 0 Å². The van der Waals surface area contributed by atoms with Crippen molar-refractivity contribution in [2.24, 2.45) is 33.8 Å². The summed E-state index contributed by atoms with van der Waals surface area (Å²) in [5.74, 6) is 1.60. The van der Waals surface area contributed by atoms with Crippen LogP contribution in [-0.2, 0) is 5.41 Å². The lowest BCUT2D eigenvalue weighted by Crippen LogP contribution is -2.97. The van der Waals surface area contributed by atoms with Crippen LogP contribution in [0.25, 0.3) is 0 Å². The second-order valence-corrected chi connectivity index (χ2v) is 13.8. The molecule has 4 aliphatic carbocycles. The summed E-state index contributed by atoms with van der Waals surface area (Å²) in [5.41, 5.74) is 9.20. The lowest BCUT2D eigenvalue weighted by atomic mass is 9.07. The number of hydrogen-bond acceptors (Lipinski definition) is 3. The molecular formula is C29H34N2S2. The van der Waals surface area contributed by atoms with E-state index in [1.807, 2.05) is 0 Å². The Bertz CT molecular complexity index is 1110. The van der Waals surface area contributed by atoms with Crippen LogP contribution in [0.4, 0.5) is 0 Å². The maximum absolute atomic E-state index is 6.48. The summed E-state index contributed by atoms with van der Waals surface area (Å²) in [6.45, 7) is 6.70. The molecule has 2 aromatic rings. The Labute approximate surface area is 207 Å². The van der Waals surface area contributed by atoms with Crippen LogP contribution in [0.15, 0.2) is 65.6 Å². The first-order valence-electron chi connectivity index (χ1n) is 12.7. The molecule has 7 rings (SSSR count). The van der Waals surface area contributed by atoms with Crippen LogP contribution < -0.4 is 5.73 Å². The van der Waals surface area contributed by atoms with Gasteiger partial charge in [0.25, 0.3) is 0 Å². The van der Waals surface area contributed by atoms with Crippen molar-refractivity contribution in [2.75, 3.05) is 13.1 Å². The zero-order valence-electron chi connectivity index (χ0n) is 19.7. The Balaban J connectivity index is 1.22. The third-order valence-corrected chi connectivity index (χ3v) is 12.8. The van der Waals surface area contributed by atoms with E-state index in [1.54, 1.807) is 5.56 Å². The minimum atomic E-state index is 0.129. The second-order valence-electron chi connectivity index (χ2n) is 12.2. The molecule has 7 atom stereocenters. The predicted octanol–water partition coefficient (Wildman–Crippen LogP) is 5.90. The van der Waals surface area contributed by atoms with Crippen molar-refractivity contribution < 1.29 is 0 Å². The summed E-state index contributed by atoms with van der Waals surface area (Å²) in [6.07, 6.45) is 4.96. The number of rotatable bonds is 4. The molecule has 0 radical (unpaired) electrons. The SMILES string of the molecule is CC1(C)CN(C(=S)C23CC4C(Sc5ccccc5)C5CC(c6ccccc6)(C2)C453)CC[C@@H]1N. The molecule has 2 aromatic carbocycles. The average Bonchev–Trinajstić information content (AvgIpc) is 2.78. The van der Waals surface area contributed by atoms with Crippen molar-refractivity contribution in [1.29, 1.82) is 0 Å². The molecule has 1 saturated heterocycles. The molecule has 6 unspecified atom stereocenters. The lowest BCUT2D eigenvalue weighted by Gasteiger charge is -2.97. The molecule has 172 valence electrons. The number of thiocarbonyl (C=S) groups is 1. The molecule has 4 saturated carbocycles. The van der Waals surface area contributed by atoms with Gasteiger partial charge in [0, 0.05) is 40.1 Å². The molecule has 5 aliphatic rings. The highest BCUT2D eigenvalue weighted by Gasteiger charge is 2.97. The van der Waals surface area contributed by atoms with Gasteiger partial charge < -0.3 is 10.6 Å². The molecule has 5 fully saturated rings. The summed E-state index contributed by atoms with van der Waals surface area (Å²) in [7, 11) is 0. The largest absolute Gasteiger partial charge is 0.365 e. The summed E-state index contributed by atoms with van der Waals surface area (Å²) >= 11 is 8.55. The van der Waals surface area contributed by atoms with Gasteiger partial charge in [-0.3, -0.25) is 0 Å². The van der Waals surface area contributed by atoms with Crippen molar-refractivity contribution in [2.45, 2.75) is 61.1 Å². The highest BCUT2D eigenvalue weighted by Crippen LogP contribution is 2.98. The number of nitrogens with zero attached hydrogens (tertiary/aromatic N) is 1. The first kappa shape index (κ1) is 21.0. The van der Waals surface area contributed by atoms with E-state index < -0.39 is 0 Å². The van der Waals surface area contributed by atoms with Gasteiger partial charge in [0.1, 0.15) is 0 Å². The van der Waals surface area contributed by atoms with E-state index in [0.717, 1.165) is 36.6 Å². The molecule has 33 heavy (non-hydrogen) atoms. The first-order chi connectivity index (χ1) is 15.9. The van der Waals surface area contributed by atoms with E-state index in [2.05, 4.69) is 91.2 Å². The quantitative estimate of drug-likeness (QED) is 0.559. The molecule has 0 bridgehead atoms. The van der Waals surface area contributed by atoms with E-state index in [4.69, 9.17) is 18.0 Å². The highest BCUT2D eigenvalue weighted by molar-refractivity contribution is 8.00. The van der Waals surface area contributed by atoms with Gasteiger partial charge >= 0.3 is 0 Å². The fourth-order valence-corrected chi connectivity index (χ4v) is 11.3. The molecule has 0 aromatic heterocycles. The fraction of sp³-hybridized carbons (Fsp3) is 0.552. The van der Waals surface area contributed by atoms with Crippen LogP contribution in [-0.4, -0.2) is 34.3 Å². The Morgan fingerprint density at radius 1 is 1.00 bits per heavy atom. The van der Waals surface area contributed by atoms with Gasteiger partial charge in [-0.15, -0.1) is 11.8 Å². The maximum Gasteiger partial charge on any atom is 0.0848 e. The third-order valence-electron chi connectivity index (χ3n) is 10.6. The predicted molar refractivity (Wildman–Crippen MR) is 140 cm³/mol. The summed E-state index contributed by atoms with van der Waals surface area (Å²) in [6, 6.07) is 22.8. The topological polar surface area (TPSA) is 29.3 Å². The molecule has 4 heteroatoms. The molecule has 2 N–H and O–H groups in total. The Kier molecular flexibility index (Phi) is 4.22. The second kappa shape index (κ2) is 6.65. The molecule has 1 aliphatic heterocycles. The van der Waals surface area contributed by atoms with Crippen molar-refractivity contribution in [3.05, 3.63) is 66.2 Å². The van der Waals surface area contributed by atoms with Gasteiger partial charge in [0.05, 0.1) is 4.99 Å². The Hall–Kier alpha value is -1.36. The summed E-state index contributed by atoms with van der Waals surface area (Å²) in [4.78, 5) is 5.30. The molecule has 1 heterocycles. The molecule has 0 amide bonds. The van der Waals surface area contributed by atoms with Crippen molar-refractivity contribution in [3.8, 4) is 0 Å². The first-order valence-corrected chi connectivity index (χ1v) is 14.0. The van der Waals surface area contributed by atoms with Crippen LogP contribution >= 0.6 is 24.0 Å². The number of hydrogen-bond donors (Lipinski definition) is 1. The zero-order chi connectivity index (χ0) is 22.6. The van der Waals surface area contributed by atoms with Crippen LogP contribution in [0, 0.1) is 28.1 Å². The van der Waals surface area contributed by atoms with E-state index in [1.165, 1.54) is 29.1 Å². The van der Waals surface area contributed by atoms with E-state index in [0.29, 0.717) is 10.8 Å². The van der Waals surface area contributed by atoms with Crippen molar-refractivity contribution in [3.63, 3.8) is 0 Å². The smallest absolute Gasteiger partial charge is 0.0848 e. The van der Waals surface area contributed by atoms with E-state index in [9.17, 15) is 0 Å². The van der Waals surface area contributed by atoms with E-state index >= 15 is 0 Å². The van der Waals surface area contributed by atoms with E-state index in [-0.39, 0.29) is 16.9 Å². The minimum Gasteiger partial charge on any atom is -0.365 e. The maximum atomic E-state index is 6.48. The normalized spacial score (nSPS) is 43.7. The standard InChI is InChI=1S/C29H34N2S2/c1-26(2)18-31(14-13-23(26)30)25(32)28-16-22-24(33-20-11-7-4-8-12-20)21-15-27(17-28,29(21,22)28)19-9-5-3-6-10-19/h3-12,21-24H,13-18,30H2,1-2H3/t21?,22?,23-,24?,27?,28?,29?/m0/s1. The fourth-order valence-electron chi connectivity index (χ4n) is 9.28. The number of likely N-dealkylation sites (tertiary alicyclic amines) is 1. The number of nitrogens with two attached hydrogens (primary N) is 1. The van der Waals surface area contributed by atoms with Crippen molar-refractivity contribution >= 4 is 29.0 Å². The highest BCUT2D eigenvalue weighted by atomic mass is 32.2. The van der Waals surface area contributed by atoms with Gasteiger partial charge in [-0.2, -0.15) is 0 Å². The molecular weight excluding hydrogens is 440 g/mol. The van der Waals surface area contributed by atoms with Crippen LogP contribution in [0.1, 0.15) is 45.1 Å². The van der Waals surface area contributed by atoms with Gasteiger partial charge in [0.15, 0.2) is 0 Å².